The minimum atomic E-state index is -1.00. The van der Waals surface area contributed by atoms with Gasteiger partial charge in [-0.3, -0.25) is 14.4 Å². The van der Waals surface area contributed by atoms with Gasteiger partial charge in [-0.1, -0.05) is 6.92 Å². The summed E-state index contributed by atoms with van der Waals surface area (Å²) in [5.41, 5.74) is 0.255. The Morgan fingerprint density at radius 1 is 1.00 bits per heavy atom. The maximum atomic E-state index is 12.5. The lowest BCUT2D eigenvalue weighted by Gasteiger charge is -2.19. The molecule has 7 heteroatoms. The fourth-order valence-corrected chi connectivity index (χ4v) is 3.16. The largest absolute Gasteiger partial charge is 0.508 e. The number of aromatic hydroxyl groups is 2. The van der Waals surface area contributed by atoms with E-state index in [1.165, 1.54) is 6.07 Å². The van der Waals surface area contributed by atoms with Crippen LogP contribution in [0.2, 0.25) is 0 Å². The summed E-state index contributed by atoms with van der Waals surface area (Å²) >= 11 is 0. The number of hydrogen-bond donors (Lipinski definition) is 2. The molecule has 0 saturated carbocycles. The molecule has 140 valence electrons. The second-order valence-corrected chi connectivity index (χ2v) is 6.79. The van der Waals surface area contributed by atoms with Gasteiger partial charge in [-0.05, 0) is 43.7 Å². The van der Waals surface area contributed by atoms with Crippen LogP contribution in [0.3, 0.4) is 0 Å². The Kier molecular flexibility index (Phi) is 6.13. The Hall–Kier alpha value is -2.70. The van der Waals surface area contributed by atoms with Gasteiger partial charge < -0.3 is 14.9 Å². The zero-order chi connectivity index (χ0) is 19.4. The van der Waals surface area contributed by atoms with Gasteiger partial charge in [0.05, 0.1) is 6.10 Å². The maximum Gasteiger partial charge on any atom is 0.342 e. The number of ether oxygens (including phenoxy) is 1. The van der Waals surface area contributed by atoms with E-state index in [1.54, 1.807) is 13.8 Å². The van der Waals surface area contributed by atoms with E-state index in [9.17, 15) is 29.4 Å². The van der Waals surface area contributed by atoms with Crippen LogP contribution in [0.5, 0.6) is 11.5 Å². The van der Waals surface area contributed by atoms with Crippen molar-refractivity contribution in [1.29, 1.82) is 0 Å². The first-order valence-corrected chi connectivity index (χ1v) is 8.55. The highest BCUT2D eigenvalue weighted by Gasteiger charge is 2.27. The van der Waals surface area contributed by atoms with Crippen molar-refractivity contribution in [2.24, 2.45) is 5.92 Å². The van der Waals surface area contributed by atoms with Gasteiger partial charge >= 0.3 is 5.97 Å². The van der Waals surface area contributed by atoms with Gasteiger partial charge in [-0.15, -0.1) is 0 Å². The number of aryl methyl sites for hydroxylation is 1. The van der Waals surface area contributed by atoms with E-state index in [-0.39, 0.29) is 42.9 Å². The van der Waals surface area contributed by atoms with E-state index in [2.05, 4.69) is 0 Å². The quantitative estimate of drug-likeness (QED) is 0.536. The number of hydrogen-bond acceptors (Lipinski definition) is 7. The van der Waals surface area contributed by atoms with Crippen molar-refractivity contribution in [1.82, 2.24) is 0 Å². The van der Waals surface area contributed by atoms with Crippen LogP contribution in [-0.2, 0) is 25.5 Å². The smallest absolute Gasteiger partial charge is 0.342 e. The highest BCUT2D eigenvalue weighted by molar-refractivity contribution is 6.63. The maximum absolute atomic E-state index is 12.5. The number of fused-ring (bicyclic) bond motifs is 1. The first kappa shape index (κ1) is 19.6. The number of phenolic OH excluding ortho intramolecular Hbond substituents is 2. The molecule has 0 spiro atoms. The molecule has 0 aliphatic carbocycles. The summed E-state index contributed by atoms with van der Waals surface area (Å²) in [5.74, 6) is -4.11. The Morgan fingerprint density at radius 2 is 1.69 bits per heavy atom. The van der Waals surface area contributed by atoms with Gasteiger partial charge in [0.25, 0.3) is 5.78 Å². The van der Waals surface area contributed by atoms with E-state index >= 15 is 0 Å². The highest BCUT2D eigenvalue weighted by Crippen LogP contribution is 2.30. The van der Waals surface area contributed by atoms with Crippen LogP contribution in [0, 0.1) is 5.92 Å². The molecule has 2 rings (SSSR count). The first-order valence-electron chi connectivity index (χ1n) is 8.55. The Bertz CT molecular complexity index is 750. The van der Waals surface area contributed by atoms with Crippen LogP contribution in [0.25, 0.3) is 0 Å². The first-order chi connectivity index (χ1) is 12.2. The highest BCUT2D eigenvalue weighted by atomic mass is 16.5. The molecule has 7 nitrogen and oxygen atoms in total. The van der Waals surface area contributed by atoms with Gasteiger partial charge in [-0.25, -0.2) is 4.79 Å². The molecule has 1 aliphatic rings. The summed E-state index contributed by atoms with van der Waals surface area (Å²) in [5, 5.41) is 19.7. The van der Waals surface area contributed by atoms with Gasteiger partial charge in [0, 0.05) is 18.9 Å². The number of rotatable bonds is 0. The normalized spacial score (nSPS) is 23.2. The molecule has 0 fully saturated rings. The molecule has 1 aliphatic heterocycles. The third-order valence-corrected chi connectivity index (χ3v) is 4.32. The molecule has 0 saturated heterocycles. The molecule has 1 aromatic rings. The standard InChI is InChI=1S/C19H22O7/c1-10-6-11(2)26-19(25)17-12(8-13(20)9-15(17)22)4-3-5-14(21)18(24)16(23)7-10/h8-11,20,22H,3-7H2,1-2H3/t10?,11-/m0/s1. The van der Waals surface area contributed by atoms with E-state index in [0.29, 0.717) is 12.0 Å². The molecule has 1 heterocycles. The number of carbonyl (C=O) groups is 4. The molecule has 2 N–H and O–H groups in total. The second kappa shape index (κ2) is 8.12. The van der Waals surface area contributed by atoms with Gasteiger partial charge in [0.1, 0.15) is 17.1 Å². The lowest BCUT2D eigenvalue weighted by molar-refractivity contribution is -0.144. The molecule has 0 bridgehead atoms. The SMILES string of the molecule is CC1CC(=O)C(=O)C(=O)CCCc2cc(O)cc(O)c2C(=O)O[C@@H](C)C1. The summed E-state index contributed by atoms with van der Waals surface area (Å²) in [6.45, 7) is 3.38. The molecule has 0 aromatic heterocycles. The lowest BCUT2D eigenvalue weighted by atomic mass is 9.93. The molecule has 0 amide bonds. The number of carbonyl (C=O) groups excluding carboxylic acids is 4. The topological polar surface area (TPSA) is 118 Å². The van der Waals surface area contributed by atoms with Crippen molar-refractivity contribution in [3.8, 4) is 11.5 Å². The summed E-state index contributed by atoms with van der Waals surface area (Å²) in [7, 11) is 0. The fraction of sp³-hybridized carbons (Fsp3) is 0.474. The number of esters is 1. The van der Waals surface area contributed by atoms with Crippen molar-refractivity contribution in [2.75, 3.05) is 0 Å². The Morgan fingerprint density at radius 3 is 2.38 bits per heavy atom. The summed E-state index contributed by atoms with van der Waals surface area (Å²) in [6, 6.07) is 2.36. The van der Waals surface area contributed by atoms with E-state index < -0.39 is 35.2 Å². The van der Waals surface area contributed by atoms with E-state index in [1.807, 2.05) is 0 Å². The predicted octanol–water partition coefficient (Wildman–Crippen LogP) is 2.10. The molecule has 1 aromatic carbocycles. The number of Topliss-reactive ketones (excluding diaryl/α,β-unsaturated/α-hetero) is 3. The zero-order valence-electron chi connectivity index (χ0n) is 14.8. The lowest BCUT2D eigenvalue weighted by Crippen LogP contribution is -2.27. The van der Waals surface area contributed by atoms with Crippen LogP contribution in [0.15, 0.2) is 12.1 Å². The number of benzene rings is 1. The summed E-state index contributed by atoms with van der Waals surface area (Å²) < 4.78 is 5.35. The molecule has 1 unspecified atom stereocenters. The van der Waals surface area contributed by atoms with Crippen LogP contribution < -0.4 is 0 Å². The second-order valence-electron chi connectivity index (χ2n) is 6.79. The van der Waals surface area contributed by atoms with Crippen molar-refractivity contribution in [3.63, 3.8) is 0 Å². The van der Waals surface area contributed by atoms with E-state index in [4.69, 9.17) is 4.74 Å². The van der Waals surface area contributed by atoms with Gasteiger partial charge in [0.15, 0.2) is 0 Å². The third-order valence-electron chi connectivity index (χ3n) is 4.32. The van der Waals surface area contributed by atoms with Crippen LogP contribution in [0.1, 0.15) is 55.5 Å². The molecule has 2 atom stereocenters. The zero-order valence-corrected chi connectivity index (χ0v) is 14.8. The number of ketones is 3. The number of cyclic esters (lactones) is 1. The van der Waals surface area contributed by atoms with Crippen molar-refractivity contribution in [2.45, 2.75) is 52.1 Å². The monoisotopic (exact) mass is 362 g/mol. The van der Waals surface area contributed by atoms with Gasteiger partial charge in [0.2, 0.25) is 11.6 Å². The Balaban J connectivity index is 2.36. The average Bonchev–Trinajstić information content (AvgIpc) is 2.51. The molecule has 0 radical (unpaired) electrons. The number of phenols is 2. The van der Waals surface area contributed by atoms with Crippen LogP contribution >= 0.6 is 0 Å². The fourth-order valence-electron chi connectivity index (χ4n) is 3.16. The third kappa shape index (κ3) is 4.68. The Labute approximate surface area is 151 Å². The van der Waals surface area contributed by atoms with Gasteiger partial charge in [-0.2, -0.15) is 0 Å². The minimum absolute atomic E-state index is 0.0609. The van der Waals surface area contributed by atoms with Crippen molar-refractivity contribution < 1.29 is 34.1 Å². The van der Waals surface area contributed by atoms with Crippen LogP contribution in [-0.4, -0.2) is 39.6 Å². The van der Waals surface area contributed by atoms with Crippen molar-refractivity contribution >= 4 is 23.3 Å². The van der Waals surface area contributed by atoms with Crippen LogP contribution in [0.4, 0.5) is 0 Å². The van der Waals surface area contributed by atoms with E-state index in [0.717, 1.165) is 6.07 Å². The minimum Gasteiger partial charge on any atom is -0.508 e. The summed E-state index contributed by atoms with van der Waals surface area (Å²) in [4.78, 5) is 48.2. The average molecular weight is 362 g/mol. The summed E-state index contributed by atoms with van der Waals surface area (Å²) in [6.07, 6.45) is -0.119. The molecule has 26 heavy (non-hydrogen) atoms. The molecular formula is C19H22O7. The van der Waals surface area contributed by atoms with Crippen molar-refractivity contribution in [3.05, 3.63) is 23.3 Å². The molecular weight excluding hydrogens is 340 g/mol. The predicted molar refractivity (Wildman–Crippen MR) is 91.0 cm³/mol.